The predicted molar refractivity (Wildman–Crippen MR) is 405 cm³/mol. The van der Waals surface area contributed by atoms with Crippen LogP contribution < -0.4 is 19.5 Å². The normalized spacial score (nSPS) is 16.7. The summed E-state index contributed by atoms with van der Waals surface area (Å²) in [6, 6.07) is 24.3. The lowest BCUT2D eigenvalue weighted by molar-refractivity contribution is -0.134. The Kier molecular flexibility index (Phi) is 30.3. The van der Waals surface area contributed by atoms with Crippen LogP contribution in [0.3, 0.4) is 0 Å². The van der Waals surface area contributed by atoms with Gasteiger partial charge in [0.15, 0.2) is 29.3 Å². The molecule has 0 aliphatic carbocycles. The van der Waals surface area contributed by atoms with Gasteiger partial charge in [-0.05, 0) is 231 Å². The first-order chi connectivity index (χ1) is 52.1. The van der Waals surface area contributed by atoms with Crippen LogP contribution in [0.5, 0.6) is 17.2 Å². The molecule has 11 heterocycles. The molecule has 3 aromatic carbocycles. The molecule has 5 fully saturated rings. The molecule has 26 nitrogen and oxygen atoms in total. The van der Waals surface area contributed by atoms with Crippen molar-refractivity contribution >= 4 is 44.8 Å². The van der Waals surface area contributed by atoms with Crippen LogP contribution in [0.2, 0.25) is 0 Å². The number of rotatable bonds is 30. The van der Waals surface area contributed by atoms with E-state index in [-0.39, 0.29) is 12.6 Å². The fourth-order valence-electron chi connectivity index (χ4n) is 14.2. The highest BCUT2D eigenvalue weighted by atomic mass is 16.7. The Morgan fingerprint density at radius 3 is 1.07 bits per heavy atom. The summed E-state index contributed by atoms with van der Waals surface area (Å²) in [5, 5.41) is 35.8. The smallest absolute Gasteiger partial charge is 0.328 e. The monoisotopic (exact) mass is 1470 g/mol. The summed E-state index contributed by atoms with van der Waals surface area (Å²) in [5.74, 6) is 2.21. The zero-order valence-electron chi connectivity index (χ0n) is 62.9. The molecule has 574 valence electrons. The number of aryl methyl sites for hydroxylation is 3. The van der Waals surface area contributed by atoms with E-state index in [1.165, 1.54) is 44.9 Å². The Morgan fingerprint density at radius 2 is 0.785 bits per heavy atom. The summed E-state index contributed by atoms with van der Waals surface area (Å²) < 4.78 is 58.5. The maximum Gasteiger partial charge on any atom is 0.328 e. The number of nitrogens with zero attached hydrogens (tertiary/aromatic N) is 11. The van der Waals surface area contributed by atoms with Gasteiger partial charge in [-0.1, -0.05) is 33.7 Å². The maximum atomic E-state index is 9.55. The number of nitrogens with one attached hydrogen (secondary N) is 1. The average Bonchev–Trinajstić information content (AvgIpc) is 1.68. The topological polar surface area (TPSA) is 284 Å². The van der Waals surface area contributed by atoms with Gasteiger partial charge in [0.05, 0.1) is 60.2 Å². The van der Waals surface area contributed by atoms with Crippen LogP contribution in [0.25, 0.3) is 32.9 Å². The quantitative estimate of drug-likeness (QED) is 0.0353. The van der Waals surface area contributed by atoms with Crippen LogP contribution >= 0.6 is 0 Å². The molecule has 9 aromatic rings. The van der Waals surface area contributed by atoms with Crippen LogP contribution in [-0.4, -0.2) is 211 Å². The number of hydrogen-bond donors (Lipinski definition) is 3. The minimum Gasteiger partial charge on any atom is -0.488 e. The van der Waals surface area contributed by atoms with Gasteiger partial charge in [0, 0.05) is 115 Å². The lowest BCUT2D eigenvalue weighted by atomic mass is 9.91. The number of pyridine rings is 3. The Bertz CT molecular complexity index is 3990. The van der Waals surface area contributed by atoms with Gasteiger partial charge in [0.2, 0.25) is 0 Å². The minimum atomic E-state index is -1.26. The molecule has 107 heavy (non-hydrogen) atoms. The molecule has 0 atom stereocenters. The fraction of sp³-hybridized carbons (Fsp3) is 0.506. The fourth-order valence-corrected chi connectivity index (χ4v) is 14.2. The van der Waals surface area contributed by atoms with E-state index in [1.807, 2.05) is 55.0 Å². The molecule has 3 N–H and O–H groups in total. The molecule has 5 aliphatic heterocycles. The number of likely N-dealkylation sites (tertiary alicyclic amines) is 2. The number of aliphatic carboxylic acids is 2. The second-order valence-electron chi connectivity index (χ2n) is 29.0. The molecule has 0 spiro atoms. The molecular weight excluding hydrogens is 1360 g/mol. The molecule has 0 unspecified atom stereocenters. The maximum absolute atomic E-state index is 9.55. The van der Waals surface area contributed by atoms with Crippen molar-refractivity contribution in [2.75, 3.05) is 121 Å². The molecule has 0 amide bonds. The minimum absolute atomic E-state index is 0.0392. The number of carboxylic acid groups (broad SMARTS) is 2. The first-order valence-corrected chi connectivity index (χ1v) is 37.6. The number of carbonyl (C=O) groups is 2. The SMILES string of the molecule is CN(C)Cc1c(OCc2cccnc2)ccc2c(CCC3CCN(CC4OCCO4)CC3)noc12.CN(C)Cc1c(OCc2cccnc2)ccc2c(CCC3CCN(CC4OCCO4)CC3)noc12.CN(C)Cc1c(OCc2cccnc2)ccc2c(CCC3CCNCC3)noc12.O=C(O)/C=C/C(=O)O. The van der Waals surface area contributed by atoms with Gasteiger partial charge in [-0.3, -0.25) is 24.8 Å². The van der Waals surface area contributed by atoms with Crippen LogP contribution in [0.4, 0.5) is 0 Å². The molecule has 6 aromatic heterocycles. The Morgan fingerprint density at radius 1 is 0.467 bits per heavy atom. The Hall–Kier alpha value is -8.80. The lowest BCUT2D eigenvalue weighted by Crippen LogP contribution is -2.39. The van der Waals surface area contributed by atoms with Crippen molar-refractivity contribution in [3.8, 4) is 17.2 Å². The number of ether oxygens (including phenoxy) is 7. The predicted octanol–water partition coefficient (Wildman–Crippen LogP) is 11.3. The summed E-state index contributed by atoms with van der Waals surface area (Å²) >= 11 is 0. The second kappa shape index (κ2) is 41.0. The van der Waals surface area contributed by atoms with Crippen LogP contribution in [0, 0.1) is 17.8 Å². The first-order valence-electron chi connectivity index (χ1n) is 37.6. The highest BCUT2D eigenvalue weighted by Crippen LogP contribution is 2.37. The van der Waals surface area contributed by atoms with Crippen molar-refractivity contribution in [2.45, 2.75) is 129 Å². The highest BCUT2D eigenvalue weighted by molar-refractivity contribution is 5.90. The van der Waals surface area contributed by atoms with Crippen LogP contribution in [-0.2, 0) is 87.3 Å². The summed E-state index contributed by atoms with van der Waals surface area (Å²) in [6.45, 7) is 15.0. The van der Waals surface area contributed by atoms with Gasteiger partial charge >= 0.3 is 11.9 Å². The third-order valence-corrected chi connectivity index (χ3v) is 19.9. The van der Waals surface area contributed by atoms with Crippen LogP contribution in [0.1, 0.15) is 108 Å². The van der Waals surface area contributed by atoms with Crippen molar-refractivity contribution in [2.24, 2.45) is 17.8 Å². The summed E-state index contributed by atoms with van der Waals surface area (Å²) in [7, 11) is 12.3. The molecule has 0 radical (unpaired) electrons. The van der Waals surface area contributed by atoms with Gasteiger partial charge in [0.1, 0.15) is 37.1 Å². The number of hydrogen-bond acceptors (Lipinski definition) is 24. The van der Waals surface area contributed by atoms with E-state index in [4.69, 9.17) is 56.9 Å². The van der Waals surface area contributed by atoms with Gasteiger partial charge in [-0.2, -0.15) is 0 Å². The van der Waals surface area contributed by atoms with Gasteiger partial charge in [0.25, 0.3) is 0 Å². The molecule has 0 bridgehead atoms. The summed E-state index contributed by atoms with van der Waals surface area (Å²) in [6.07, 6.45) is 25.5. The molecule has 0 saturated carbocycles. The summed E-state index contributed by atoms with van der Waals surface area (Å²) in [5.41, 5.74) is 11.9. The molecule has 26 heteroatoms. The number of fused-ring (bicyclic) bond motifs is 3. The number of carboxylic acids is 2. The van der Waals surface area contributed by atoms with Crippen molar-refractivity contribution < 1.29 is 66.5 Å². The number of aromatic nitrogens is 6. The van der Waals surface area contributed by atoms with Gasteiger partial charge in [-0.25, -0.2) is 9.59 Å². The second-order valence-corrected chi connectivity index (χ2v) is 29.0. The van der Waals surface area contributed by atoms with E-state index in [0.717, 1.165) is 237 Å². The standard InChI is InChI=1S/2C27H36N4O4.C23H30N4O2.C4H4O4/c2*1-30(2)17-23-25(34-19-21-4-3-11-28-16-21)8-6-22-24(29-35-27(22)23)7-5-20-9-12-31(13-10-20)18-26-32-14-15-33-26;1-27(2)15-20-22(28-16-18-4-3-11-25-14-18)8-6-19-21(26-29-23(19)20)7-5-17-9-12-24-13-10-17;5-3(6)1-2-4(7)8/h2*3-4,6,8,11,16,20,26H,5,7,9-10,12-15,17-19H2,1-2H3;3-4,6,8,11,14,17,24H,5,7,9-10,12-13,15-16H2,1-2H3;1-2H,(H,5,6)(H,7,8)/b;;;2-1+. The van der Waals surface area contributed by atoms with E-state index in [2.05, 4.69) is 139 Å². The average molecular weight is 1470 g/mol. The molecule has 5 aliphatic rings. The van der Waals surface area contributed by atoms with Gasteiger partial charge < -0.3 is 77.0 Å². The van der Waals surface area contributed by atoms with E-state index >= 15 is 0 Å². The van der Waals surface area contributed by atoms with Crippen molar-refractivity contribution in [1.29, 1.82) is 0 Å². The third kappa shape index (κ3) is 24.4. The summed E-state index contributed by atoms with van der Waals surface area (Å²) in [4.78, 5) is 42.9. The van der Waals surface area contributed by atoms with Crippen molar-refractivity contribution in [3.63, 3.8) is 0 Å². The number of piperidine rings is 3. The van der Waals surface area contributed by atoms with Gasteiger partial charge in [-0.15, -0.1) is 0 Å². The zero-order valence-corrected chi connectivity index (χ0v) is 62.9. The lowest BCUT2D eigenvalue weighted by Gasteiger charge is -2.32. The molecule has 5 saturated heterocycles. The third-order valence-electron chi connectivity index (χ3n) is 19.9. The molecule has 14 rings (SSSR count). The van der Waals surface area contributed by atoms with Crippen molar-refractivity contribution in [1.82, 2.24) is 60.2 Å². The van der Waals surface area contributed by atoms with Crippen molar-refractivity contribution in [3.05, 3.63) is 173 Å². The Labute approximate surface area is 626 Å². The van der Waals surface area contributed by atoms with E-state index in [1.54, 1.807) is 18.6 Å². The van der Waals surface area contributed by atoms with Crippen LogP contribution in [0.15, 0.2) is 136 Å². The van der Waals surface area contributed by atoms with E-state index in [0.29, 0.717) is 43.8 Å². The first kappa shape index (κ1) is 79.2. The highest BCUT2D eigenvalue weighted by Gasteiger charge is 2.29. The molecular formula is C81H106N12O14. The number of benzene rings is 3. The Balaban J connectivity index is 0.000000153. The van der Waals surface area contributed by atoms with E-state index in [9.17, 15) is 9.59 Å². The van der Waals surface area contributed by atoms with E-state index < -0.39 is 11.9 Å². The largest absolute Gasteiger partial charge is 0.488 e. The zero-order chi connectivity index (χ0) is 74.7.